The van der Waals surface area contributed by atoms with E-state index in [-0.39, 0.29) is 17.7 Å². The third-order valence-electron chi connectivity index (χ3n) is 4.96. The number of hydrogen-bond acceptors (Lipinski definition) is 4. The molecule has 0 radical (unpaired) electrons. The standard InChI is InChI=1S/C15H26N2O5S/c1-3-4-10-23(21,22)17-8-5-6-13(17)14(18)16-9-7-12(11(16)2)15(19)20/h11-13H,3-10H2,1-2H3,(H,19,20). The first-order valence-electron chi connectivity index (χ1n) is 8.32. The zero-order valence-corrected chi connectivity index (χ0v) is 14.6. The van der Waals surface area contributed by atoms with E-state index in [1.165, 1.54) is 4.31 Å². The summed E-state index contributed by atoms with van der Waals surface area (Å²) in [6, 6.07) is -1.05. The topological polar surface area (TPSA) is 95.0 Å². The summed E-state index contributed by atoms with van der Waals surface area (Å²) < 4.78 is 26.2. The van der Waals surface area contributed by atoms with Gasteiger partial charge in [-0.15, -0.1) is 0 Å². The number of nitrogens with zero attached hydrogens (tertiary/aromatic N) is 2. The molecule has 1 amide bonds. The Bertz CT molecular complexity index is 562. The summed E-state index contributed by atoms with van der Waals surface area (Å²) in [5.74, 6) is -1.63. The Labute approximate surface area is 137 Å². The molecule has 2 heterocycles. The van der Waals surface area contributed by atoms with Crippen LogP contribution in [0.15, 0.2) is 0 Å². The van der Waals surface area contributed by atoms with E-state index in [4.69, 9.17) is 0 Å². The highest BCUT2D eigenvalue weighted by Gasteiger charge is 2.45. The first-order valence-corrected chi connectivity index (χ1v) is 9.93. The van der Waals surface area contributed by atoms with Gasteiger partial charge in [-0.3, -0.25) is 9.59 Å². The first-order chi connectivity index (χ1) is 10.8. The number of carboxylic acid groups (broad SMARTS) is 1. The highest BCUT2D eigenvalue weighted by molar-refractivity contribution is 7.89. The van der Waals surface area contributed by atoms with Crippen LogP contribution < -0.4 is 0 Å². The van der Waals surface area contributed by atoms with Crippen molar-refractivity contribution in [3.63, 3.8) is 0 Å². The second-order valence-corrected chi connectivity index (χ2v) is 8.49. The number of carbonyl (C=O) groups excluding carboxylic acids is 1. The van der Waals surface area contributed by atoms with Crippen molar-refractivity contribution in [1.82, 2.24) is 9.21 Å². The fourth-order valence-electron chi connectivity index (χ4n) is 3.54. The van der Waals surface area contributed by atoms with E-state index in [0.717, 1.165) is 6.42 Å². The Morgan fingerprint density at radius 3 is 2.48 bits per heavy atom. The Kier molecular flexibility index (Phi) is 5.67. The summed E-state index contributed by atoms with van der Waals surface area (Å²) in [4.78, 5) is 25.5. The van der Waals surface area contributed by atoms with Gasteiger partial charge in [0.05, 0.1) is 11.7 Å². The lowest BCUT2D eigenvalue weighted by Crippen LogP contribution is -2.50. The molecule has 0 aromatic carbocycles. The van der Waals surface area contributed by atoms with Crippen LogP contribution in [0.3, 0.4) is 0 Å². The van der Waals surface area contributed by atoms with Gasteiger partial charge >= 0.3 is 5.97 Å². The highest BCUT2D eigenvalue weighted by atomic mass is 32.2. The lowest BCUT2D eigenvalue weighted by atomic mass is 10.0. The van der Waals surface area contributed by atoms with Gasteiger partial charge in [0.2, 0.25) is 15.9 Å². The number of sulfonamides is 1. The summed E-state index contributed by atoms with van der Waals surface area (Å²) in [5.41, 5.74) is 0. The maximum Gasteiger partial charge on any atom is 0.308 e. The molecule has 2 aliphatic rings. The molecule has 0 saturated carbocycles. The molecule has 3 unspecified atom stereocenters. The molecule has 2 aliphatic heterocycles. The van der Waals surface area contributed by atoms with Crippen LogP contribution in [-0.2, 0) is 19.6 Å². The number of carboxylic acids is 1. The van der Waals surface area contributed by atoms with Gasteiger partial charge in [-0.05, 0) is 32.6 Å². The van der Waals surface area contributed by atoms with Crippen molar-refractivity contribution >= 4 is 21.9 Å². The molecule has 2 fully saturated rings. The van der Waals surface area contributed by atoms with E-state index >= 15 is 0 Å². The minimum absolute atomic E-state index is 0.0700. The van der Waals surface area contributed by atoms with Gasteiger partial charge in [-0.1, -0.05) is 13.3 Å². The van der Waals surface area contributed by atoms with Gasteiger partial charge < -0.3 is 10.0 Å². The molecule has 0 aliphatic carbocycles. The number of hydrogen-bond donors (Lipinski definition) is 1. The van der Waals surface area contributed by atoms with Gasteiger partial charge in [0, 0.05) is 19.1 Å². The van der Waals surface area contributed by atoms with Crippen LogP contribution in [0.5, 0.6) is 0 Å². The second kappa shape index (κ2) is 7.17. The van der Waals surface area contributed by atoms with Crippen LogP contribution >= 0.6 is 0 Å². The molecule has 2 rings (SSSR count). The fraction of sp³-hybridized carbons (Fsp3) is 0.867. The monoisotopic (exact) mass is 346 g/mol. The highest BCUT2D eigenvalue weighted by Crippen LogP contribution is 2.29. The average molecular weight is 346 g/mol. The van der Waals surface area contributed by atoms with Crippen LogP contribution in [-0.4, -0.2) is 65.5 Å². The summed E-state index contributed by atoms with van der Waals surface area (Å²) >= 11 is 0. The Balaban J connectivity index is 2.11. The first kappa shape index (κ1) is 18.2. The van der Waals surface area contributed by atoms with Crippen LogP contribution in [0, 0.1) is 5.92 Å². The SMILES string of the molecule is CCCCS(=O)(=O)N1CCCC1C(=O)N1CCC(C(=O)O)C1C. The molecular formula is C15H26N2O5S. The minimum Gasteiger partial charge on any atom is -0.481 e. The van der Waals surface area contributed by atoms with Gasteiger partial charge in [-0.2, -0.15) is 4.31 Å². The van der Waals surface area contributed by atoms with Gasteiger partial charge in [0.1, 0.15) is 6.04 Å². The summed E-state index contributed by atoms with van der Waals surface area (Å²) in [5, 5.41) is 9.18. The Morgan fingerprint density at radius 2 is 1.91 bits per heavy atom. The minimum atomic E-state index is -3.42. The quantitative estimate of drug-likeness (QED) is 0.771. The molecule has 1 N–H and O–H groups in total. The van der Waals surface area contributed by atoms with Crippen molar-refractivity contribution in [2.24, 2.45) is 5.92 Å². The van der Waals surface area contributed by atoms with Crippen LogP contribution in [0.2, 0.25) is 0 Å². The zero-order valence-electron chi connectivity index (χ0n) is 13.8. The van der Waals surface area contributed by atoms with Crippen molar-refractivity contribution in [2.45, 2.75) is 58.0 Å². The van der Waals surface area contributed by atoms with E-state index in [1.54, 1.807) is 11.8 Å². The molecule has 23 heavy (non-hydrogen) atoms. The molecule has 0 aromatic heterocycles. The molecule has 7 nitrogen and oxygen atoms in total. The zero-order chi connectivity index (χ0) is 17.2. The maximum atomic E-state index is 12.8. The number of aliphatic carboxylic acids is 1. The summed E-state index contributed by atoms with van der Waals surface area (Å²) in [6.45, 7) is 4.43. The van der Waals surface area contributed by atoms with E-state index in [0.29, 0.717) is 38.8 Å². The molecule has 0 bridgehead atoms. The fourth-order valence-corrected chi connectivity index (χ4v) is 5.41. The molecule has 0 spiro atoms. The summed E-state index contributed by atoms with van der Waals surface area (Å²) in [6.07, 6.45) is 2.99. The van der Waals surface area contributed by atoms with Gasteiger partial charge in [0.15, 0.2) is 0 Å². The predicted octanol–water partition coefficient (Wildman–Crippen LogP) is 0.902. The van der Waals surface area contributed by atoms with Crippen molar-refractivity contribution in [3.05, 3.63) is 0 Å². The average Bonchev–Trinajstić information content (AvgIpc) is 3.11. The van der Waals surface area contributed by atoms with Crippen molar-refractivity contribution < 1.29 is 23.1 Å². The van der Waals surface area contributed by atoms with Crippen LogP contribution in [0.1, 0.15) is 46.0 Å². The van der Waals surface area contributed by atoms with E-state index in [2.05, 4.69) is 0 Å². The molecule has 2 saturated heterocycles. The lowest BCUT2D eigenvalue weighted by Gasteiger charge is -2.30. The molecule has 132 valence electrons. The number of amides is 1. The Hall–Kier alpha value is -1.15. The van der Waals surface area contributed by atoms with Crippen LogP contribution in [0.4, 0.5) is 0 Å². The van der Waals surface area contributed by atoms with Gasteiger partial charge in [0.25, 0.3) is 0 Å². The van der Waals surface area contributed by atoms with Crippen LogP contribution in [0.25, 0.3) is 0 Å². The van der Waals surface area contributed by atoms with Crippen molar-refractivity contribution in [1.29, 1.82) is 0 Å². The molecule has 8 heteroatoms. The Morgan fingerprint density at radius 1 is 1.22 bits per heavy atom. The number of rotatable bonds is 6. The summed E-state index contributed by atoms with van der Waals surface area (Å²) in [7, 11) is -3.42. The molecule has 0 aromatic rings. The van der Waals surface area contributed by atoms with Gasteiger partial charge in [-0.25, -0.2) is 8.42 Å². The molecule has 3 atom stereocenters. The number of unbranched alkanes of at least 4 members (excludes halogenated alkanes) is 1. The second-order valence-electron chi connectivity index (χ2n) is 6.44. The normalized spacial score (nSPS) is 29.1. The van der Waals surface area contributed by atoms with Crippen molar-refractivity contribution in [3.8, 4) is 0 Å². The largest absolute Gasteiger partial charge is 0.481 e. The van der Waals surface area contributed by atoms with E-state index in [9.17, 15) is 23.1 Å². The maximum absolute atomic E-state index is 12.8. The molecular weight excluding hydrogens is 320 g/mol. The predicted molar refractivity (Wildman–Crippen MR) is 85.3 cm³/mol. The van der Waals surface area contributed by atoms with E-state index < -0.39 is 28.0 Å². The number of carbonyl (C=O) groups is 2. The van der Waals surface area contributed by atoms with E-state index in [1.807, 2.05) is 6.92 Å². The third kappa shape index (κ3) is 3.68. The number of likely N-dealkylation sites (tertiary alicyclic amines) is 1. The smallest absolute Gasteiger partial charge is 0.308 e. The third-order valence-corrected chi connectivity index (χ3v) is 6.91. The van der Waals surface area contributed by atoms with Crippen molar-refractivity contribution in [2.75, 3.05) is 18.8 Å². The lowest BCUT2D eigenvalue weighted by molar-refractivity contribution is -0.143.